The molecule has 1 heterocycles. The number of hydrogen-bond acceptors (Lipinski definition) is 3. The highest BCUT2D eigenvalue weighted by molar-refractivity contribution is 5.46. The fraction of sp³-hybridized carbons (Fsp3) is 0.182. The number of rotatable bonds is 3. The number of ether oxygens (including phenoxy) is 1. The van der Waals surface area contributed by atoms with E-state index >= 15 is 0 Å². The van der Waals surface area contributed by atoms with Crippen LogP contribution < -0.4 is 10.1 Å². The number of nitrogens with one attached hydrogen (secondary N) is 1. The lowest BCUT2D eigenvalue weighted by atomic mass is 10.3. The summed E-state index contributed by atoms with van der Waals surface area (Å²) in [4.78, 5) is 4.05. The smallest absolute Gasteiger partial charge is 0.207 e. The maximum atomic E-state index is 13.7. The van der Waals surface area contributed by atoms with Crippen LogP contribution in [-0.4, -0.2) is 23.7 Å². The summed E-state index contributed by atoms with van der Waals surface area (Å²) in [5.41, 5.74) is 0.404. The highest BCUT2D eigenvalue weighted by Gasteiger charge is 2.09. The first kappa shape index (κ1) is 10.5. The molecule has 1 aromatic carbocycles. The van der Waals surface area contributed by atoms with E-state index in [2.05, 4.69) is 10.3 Å². The fourth-order valence-corrected chi connectivity index (χ4v) is 1.49. The van der Waals surface area contributed by atoms with Crippen LogP contribution in [0.4, 0.5) is 10.3 Å². The van der Waals surface area contributed by atoms with Gasteiger partial charge in [-0.15, -0.1) is 0 Å². The second-order valence-electron chi connectivity index (χ2n) is 3.19. The van der Waals surface area contributed by atoms with E-state index in [1.807, 2.05) is 0 Å². The van der Waals surface area contributed by atoms with E-state index in [0.717, 1.165) is 0 Å². The van der Waals surface area contributed by atoms with Gasteiger partial charge in [-0.3, -0.25) is 4.57 Å². The molecule has 0 amide bonds. The largest absolute Gasteiger partial charge is 0.497 e. The number of imidazole rings is 1. The lowest BCUT2D eigenvalue weighted by Crippen LogP contribution is -2.03. The number of aromatic nitrogens is 2. The summed E-state index contributed by atoms with van der Waals surface area (Å²) in [6.07, 6.45) is 3.29. The summed E-state index contributed by atoms with van der Waals surface area (Å²) < 4.78 is 20.3. The van der Waals surface area contributed by atoms with Crippen LogP contribution in [0.3, 0.4) is 0 Å². The average molecular weight is 221 g/mol. The number of benzene rings is 1. The Bertz CT molecular complexity index is 496. The van der Waals surface area contributed by atoms with E-state index in [1.165, 1.54) is 6.07 Å². The summed E-state index contributed by atoms with van der Waals surface area (Å²) in [7, 11) is 3.28. The quantitative estimate of drug-likeness (QED) is 0.862. The third-order valence-electron chi connectivity index (χ3n) is 2.28. The van der Waals surface area contributed by atoms with Crippen molar-refractivity contribution in [1.82, 2.24) is 9.55 Å². The second kappa shape index (κ2) is 4.22. The summed E-state index contributed by atoms with van der Waals surface area (Å²) in [5, 5.41) is 2.88. The first-order chi connectivity index (χ1) is 7.76. The van der Waals surface area contributed by atoms with Gasteiger partial charge in [0, 0.05) is 25.5 Å². The Kier molecular flexibility index (Phi) is 2.76. The first-order valence-corrected chi connectivity index (χ1v) is 4.81. The molecule has 1 N–H and O–H groups in total. The molecule has 0 saturated carbocycles. The Morgan fingerprint density at radius 1 is 1.44 bits per heavy atom. The Balaban J connectivity index is 2.54. The summed E-state index contributed by atoms with van der Waals surface area (Å²) in [6.45, 7) is 0. The van der Waals surface area contributed by atoms with E-state index in [4.69, 9.17) is 4.74 Å². The molecule has 2 rings (SSSR count). The third kappa shape index (κ3) is 1.71. The number of anilines is 1. The van der Waals surface area contributed by atoms with Gasteiger partial charge in [0.1, 0.15) is 11.6 Å². The number of halogens is 1. The molecule has 4 nitrogen and oxygen atoms in total. The highest BCUT2D eigenvalue weighted by atomic mass is 19.1. The molecule has 1 aromatic heterocycles. The molecule has 0 aliphatic heterocycles. The molecular weight excluding hydrogens is 209 g/mol. The Morgan fingerprint density at radius 3 is 2.94 bits per heavy atom. The van der Waals surface area contributed by atoms with Crippen molar-refractivity contribution in [3.8, 4) is 11.4 Å². The molecule has 0 fully saturated rings. The SMILES string of the molecule is CNc1nccn1-c1cc(OC)ccc1F. The lowest BCUT2D eigenvalue weighted by Gasteiger charge is -2.09. The van der Waals surface area contributed by atoms with Crippen LogP contribution in [-0.2, 0) is 0 Å². The monoisotopic (exact) mass is 221 g/mol. The molecule has 2 aromatic rings. The molecule has 0 aliphatic carbocycles. The van der Waals surface area contributed by atoms with Gasteiger partial charge in [0.15, 0.2) is 0 Å². The second-order valence-corrected chi connectivity index (χ2v) is 3.19. The van der Waals surface area contributed by atoms with Crippen molar-refractivity contribution < 1.29 is 9.13 Å². The van der Waals surface area contributed by atoms with Crippen molar-refractivity contribution in [3.63, 3.8) is 0 Å². The number of hydrogen-bond donors (Lipinski definition) is 1. The third-order valence-corrected chi connectivity index (χ3v) is 2.28. The van der Waals surface area contributed by atoms with Gasteiger partial charge in [-0.05, 0) is 12.1 Å². The minimum absolute atomic E-state index is 0.324. The Hall–Kier alpha value is -2.04. The van der Waals surface area contributed by atoms with E-state index < -0.39 is 0 Å². The predicted molar refractivity (Wildman–Crippen MR) is 59.6 cm³/mol. The van der Waals surface area contributed by atoms with Crippen LogP contribution in [0.15, 0.2) is 30.6 Å². The van der Waals surface area contributed by atoms with E-state index in [1.54, 1.807) is 43.3 Å². The van der Waals surface area contributed by atoms with Crippen LogP contribution >= 0.6 is 0 Å². The van der Waals surface area contributed by atoms with Crippen LogP contribution in [0.2, 0.25) is 0 Å². The van der Waals surface area contributed by atoms with Crippen molar-refractivity contribution >= 4 is 5.95 Å². The van der Waals surface area contributed by atoms with Crippen molar-refractivity contribution in [2.75, 3.05) is 19.5 Å². The molecule has 16 heavy (non-hydrogen) atoms. The van der Waals surface area contributed by atoms with Gasteiger partial charge in [0.25, 0.3) is 0 Å². The highest BCUT2D eigenvalue weighted by Crippen LogP contribution is 2.22. The van der Waals surface area contributed by atoms with Gasteiger partial charge in [-0.25, -0.2) is 9.37 Å². The van der Waals surface area contributed by atoms with Gasteiger partial charge < -0.3 is 10.1 Å². The zero-order valence-electron chi connectivity index (χ0n) is 9.07. The van der Waals surface area contributed by atoms with Gasteiger partial charge in [0.05, 0.1) is 12.8 Å². The standard InChI is InChI=1S/C11H12FN3O/c1-13-11-14-5-6-15(11)10-7-8(16-2)3-4-9(10)12/h3-7H,1-2H3,(H,13,14). The van der Waals surface area contributed by atoms with Gasteiger partial charge in [-0.1, -0.05) is 0 Å². The normalized spacial score (nSPS) is 10.2. The van der Waals surface area contributed by atoms with E-state index in [-0.39, 0.29) is 5.82 Å². The van der Waals surface area contributed by atoms with Crippen LogP contribution in [0.25, 0.3) is 5.69 Å². The molecular formula is C11H12FN3O. The van der Waals surface area contributed by atoms with Crippen LogP contribution in [0.1, 0.15) is 0 Å². The molecule has 0 bridgehead atoms. The number of methoxy groups -OCH3 is 1. The zero-order valence-corrected chi connectivity index (χ0v) is 9.07. The minimum atomic E-state index is -0.324. The first-order valence-electron chi connectivity index (χ1n) is 4.81. The maximum absolute atomic E-state index is 13.7. The van der Waals surface area contributed by atoms with Crippen molar-refractivity contribution in [2.24, 2.45) is 0 Å². The zero-order chi connectivity index (χ0) is 11.5. The summed E-state index contributed by atoms with van der Waals surface area (Å²) in [5.74, 6) is 0.856. The molecule has 0 radical (unpaired) electrons. The van der Waals surface area contributed by atoms with Crippen LogP contribution in [0, 0.1) is 5.82 Å². The van der Waals surface area contributed by atoms with E-state index in [0.29, 0.717) is 17.4 Å². The molecule has 0 atom stereocenters. The van der Waals surface area contributed by atoms with Gasteiger partial charge in [0.2, 0.25) is 5.95 Å². The molecule has 0 saturated heterocycles. The van der Waals surface area contributed by atoms with Crippen molar-refractivity contribution in [1.29, 1.82) is 0 Å². The van der Waals surface area contributed by atoms with Crippen molar-refractivity contribution in [3.05, 3.63) is 36.4 Å². The van der Waals surface area contributed by atoms with Gasteiger partial charge in [-0.2, -0.15) is 0 Å². The molecule has 84 valence electrons. The van der Waals surface area contributed by atoms with Gasteiger partial charge >= 0.3 is 0 Å². The minimum Gasteiger partial charge on any atom is -0.497 e. The molecule has 0 aliphatic rings. The van der Waals surface area contributed by atoms with Crippen LogP contribution in [0.5, 0.6) is 5.75 Å². The summed E-state index contributed by atoms with van der Waals surface area (Å²) in [6, 6.07) is 4.57. The maximum Gasteiger partial charge on any atom is 0.207 e. The average Bonchev–Trinajstić information content (AvgIpc) is 2.77. The Labute approximate surface area is 92.7 Å². The topological polar surface area (TPSA) is 39.1 Å². The molecule has 0 spiro atoms. The van der Waals surface area contributed by atoms with Crippen molar-refractivity contribution in [2.45, 2.75) is 0 Å². The predicted octanol–water partition coefficient (Wildman–Crippen LogP) is 2.06. The van der Waals surface area contributed by atoms with E-state index in [9.17, 15) is 4.39 Å². The lowest BCUT2D eigenvalue weighted by molar-refractivity contribution is 0.413. The molecule has 5 heteroatoms. The molecule has 0 unspecified atom stereocenters. The summed E-state index contributed by atoms with van der Waals surface area (Å²) >= 11 is 0. The Morgan fingerprint density at radius 2 is 2.25 bits per heavy atom. The fourth-order valence-electron chi connectivity index (χ4n) is 1.49. The number of nitrogens with zero attached hydrogens (tertiary/aromatic N) is 2.